The molecule has 6 aromatic rings. The van der Waals surface area contributed by atoms with E-state index in [-0.39, 0.29) is 0 Å². The maximum atomic E-state index is 5.20. The number of nitrogens with zero attached hydrogens (tertiary/aromatic N) is 8. The van der Waals surface area contributed by atoms with Crippen LogP contribution in [0.5, 0.6) is 0 Å². The summed E-state index contributed by atoms with van der Waals surface area (Å²) in [4.78, 5) is 30.8. The van der Waals surface area contributed by atoms with Crippen LogP contribution in [0.4, 0.5) is 11.6 Å². The van der Waals surface area contributed by atoms with Gasteiger partial charge >= 0.3 is 239 Å². The Hall–Kier alpha value is -4.47. The summed E-state index contributed by atoms with van der Waals surface area (Å²) >= 11 is 4.03. The first kappa shape index (κ1) is 25.1. The van der Waals surface area contributed by atoms with Crippen molar-refractivity contribution in [2.24, 2.45) is 30.0 Å². The molecular weight excluding hydrogens is 675 g/mol. The van der Waals surface area contributed by atoms with Gasteiger partial charge in [0.2, 0.25) is 0 Å². The zero-order valence-corrected chi connectivity index (χ0v) is 25.2. The Kier molecular flexibility index (Phi) is 5.55. The average Bonchev–Trinajstić information content (AvgIpc) is 3.76. The van der Waals surface area contributed by atoms with Gasteiger partial charge < -0.3 is 0 Å². The molecule has 0 amide bonds. The first-order valence-corrected chi connectivity index (χ1v) is 16.2. The zero-order chi connectivity index (χ0) is 28.7. The molecule has 6 bridgehead atoms. The number of aromatic nitrogens is 2. The molecule has 10 rings (SSSR count). The van der Waals surface area contributed by atoms with Crippen LogP contribution in [0, 0.1) is 0 Å². The average molecular weight is 691 g/mol. The number of aliphatic imine (C=N–C) groups is 4. The summed E-state index contributed by atoms with van der Waals surface area (Å²) in [7, 11) is 4.45. The Morgan fingerprint density at radius 2 is 0.767 bits per heavy atom. The Morgan fingerprint density at radius 1 is 0.419 bits per heavy atom. The van der Waals surface area contributed by atoms with E-state index in [9.17, 15) is 0 Å². The van der Waals surface area contributed by atoms with Crippen LogP contribution in [0.15, 0.2) is 127 Å². The van der Waals surface area contributed by atoms with Gasteiger partial charge in [-0.15, -0.1) is 0 Å². The van der Waals surface area contributed by atoms with Crippen LogP contribution in [-0.2, 0) is 15.4 Å². The second kappa shape index (κ2) is 9.52. The third-order valence-electron chi connectivity index (χ3n) is 7.71. The number of fused-ring (bicyclic) bond motifs is 14. The second-order valence-corrected chi connectivity index (χ2v) is 11.0. The molecule has 209 valence electrons. The molecule has 4 aromatic carbocycles. The number of halogens is 2. The molecule has 0 atom stereocenters. The summed E-state index contributed by atoms with van der Waals surface area (Å²) < 4.78 is 4.13. The summed E-state index contributed by atoms with van der Waals surface area (Å²) in [6.45, 7) is 0. The van der Waals surface area contributed by atoms with Crippen molar-refractivity contribution in [2.75, 3.05) is 0 Å². The Labute approximate surface area is 263 Å². The Bertz CT molecular complexity index is 2300. The van der Waals surface area contributed by atoms with Crippen molar-refractivity contribution >= 4 is 81.7 Å². The fourth-order valence-corrected chi connectivity index (χ4v) is 7.03. The van der Waals surface area contributed by atoms with Gasteiger partial charge in [0.1, 0.15) is 0 Å². The monoisotopic (exact) mass is 689 g/mol. The van der Waals surface area contributed by atoms with Crippen LogP contribution in [0.25, 0.3) is 21.5 Å². The SMILES string of the molecule is ClBr.c1ccc2c(c1)C1=NC/2=N\c2c3ccccc3c3[n]2[Cu][n]2/c(c4ccccc4/c2=N/C2=N\C(=N/3)c3ccccc32)=N\1. The Morgan fingerprint density at radius 3 is 1.19 bits per heavy atom. The van der Waals surface area contributed by atoms with Crippen LogP contribution in [0.3, 0.4) is 0 Å². The number of benzene rings is 4. The van der Waals surface area contributed by atoms with E-state index in [0.717, 1.165) is 66.4 Å². The molecular formula is C32H16BrClCuN8. The molecule has 0 N–H and O–H groups in total. The quantitative estimate of drug-likeness (QED) is 0.166. The molecule has 0 fully saturated rings. The van der Waals surface area contributed by atoms with Crippen molar-refractivity contribution in [3.8, 4) is 0 Å². The van der Waals surface area contributed by atoms with Gasteiger partial charge in [-0.2, -0.15) is 0 Å². The van der Waals surface area contributed by atoms with E-state index in [1.54, 1.807) is 15.4 Å². The third-order valence-corrected chi connectivity index (χ3v) is 8.88. The maximum absolute atomic E-state index is 5.20. The summed E-state index contributed by atoms with van der Waals surface area (Å²) in [6.07, 6.45) is 0. The molecule has 2 aromatic heterocycles. The van der Waals surface area contributed by atoms with Gasteiger partial charge in [0.05, 0.1) is 0 Å². The van der Waals surface area contributed by atoms with Crippen molar-refractivity contribution < 1.29 is 15.4 Å². The fraction of sp³-hybridized carbons (Fsp3) is 0. The van der Waals surface area contributed by atoms with Gasteiger partial charge in [0, 0.05) is 15.0 Å². The third kappa shape index (κ3) is 3.55. The molecule has 0 spiro atoms. The van der Waals surface area contributed by atoms with Gasteiger partial charge in [0.15, 0.2) is 0 Å². The molecule has 8 nitrogen and oxygen atoms in total. The van der Waals surface area contributed by atoms with Crippen LogP contribution < -0.4 is 11.0 Å². The van der Waals surface area contributed by atoms with E-state index in [4.69, 9.17) is 30.0 Å². The molecule has 4 aliphatic heterocycles. The molecule has 43 heavy (non-hydrogen) atoms. The topological polar surface area (TPSA) is 84.0 Å². The van der Waals surface area contributed by atoms with Crippen LogP contribution in [0.2, 0.25) is 0 Å². The number of hydrogen-bond acceptors (Lipinski definition) is 6. The molecule has 11 heteroatoms. The Balaban J connectivity index is 0.00000128. The normalized spacial score (nSPS) is 19.3. The molecule has 0 aliphatic carbocycles. The van der Waals surface area contributed by atoms with Gasteiger partial charge in [-0.3, -0.25) is 0 Å². The standard InChI is InChI=1S/C32H16N8.BrCl.Cu/c1-2-10-18-17(9-1)25-33-26(18)38-28-21-13-5-6-14-22(21)30(35-28)40-32-24-16-8-7-15-23(24)31(36-32)39-29-20-12-4-3-11-19(20)27(34-29)37-25;1-2;/h1-16H;;/q-2;;+2. The van der Waals surface area contributed by atoms with Crippen molar-refractivity contribution in [3.05, 3.63) is 130 Å². The molecule has 0 saturated heterocycles. The van der Waals surface area contributed by atoms with Crippen LogP contribution in [-0.4, -0.2) is 30.5 Å². The molecule has 6 heterocycles. The van der Waals surface area contributed by atoms with Crippen LogP contribution >= 0.6 is 25.1 Å². The predicted octanol–water partition coefficient (Wildman–Crippen LogP) is 6.38. The minimum atomic E-state index is 0.634. The van der Waals surface area contributed by atoms with Crippen molar-refractivity contribution in [2.45, 2.75) is 0 Å². The van der Waals surface area contributed by atoms with E-state index >= 15 is 0 Å². The van der Waals surface area contributed by atoms with Crippen LogP contribution in [0.1, 0.15) is 22.3 Å². The fourth-order valence-electron chi connectivity index (χ4n) is 5.84. The van der Waals surface area contributed by atoms with Gasteiger partial charge in [-0.25, -0.2) is 0 Å². The van der Waals surface area contributed by atoms with E-state index in [1.165, 1.54) is 0 Å². The van der Waals surface area contributed by atoms with Gasteiger partial charge in [0.25, 0.3) is 0 Å². The number of rotatable bonds is 0. The molecule has 4 aliphatic rings. The van der Waals surface area contributed by atoms with Crippen molar-refractivity contribution in [1.29, 1.82) is 0 Å². The summed E-state index contributed by atoms with van der Waals surface area (Å²) in [5, 5.41) is 3.92. The van der Waals surface area contributed by atoms with E-state index in [1.807, 2.05) is 48.5 Å². The van der Waals surface area contributed by atoms with Gasteiger partial charge in [-0.1, -0.05) is 0 Å². The second-order valence-electron chi connectivity index (χ2n) is 10.00. The van der Waals surface area contributed by atoms with Crippen molar-refractivity contribution in [3.63, 3.8) is 0 Å². The number of amidine groups is 4. The predicted molar refractivity (Wildman–Crippen MR) is 170 cm³/mol. The first-order valence-electron chi connectivity index (χ1n) is 13.3. The van der Waals surface area contributed by atoms with Gasteiger partial charge in [-0.05, 0) is 10.1 Å². The number of hydrogen-bond donors (Lipinski definition) is 0. The van der Waals surface area contributed by atoms with E-state index in [0.29, 0.717) is 23.3 Å². The molecule has 0 unspecified atom stereocenters. The minimum absolute atomic E-state index is 0.634. The summed E-state index contributed by atoms with van der Waals surface area (Å²) in [6, 6.07) is 32.8. The zero-order valence-electron chi connectivity index (χ0n) is 21.9. The van der Waals surface area contributed by atoms with E-state index in [2.05, 4.69) is 80.8 Å². The summed E-state index contributed by atoms with van der Waals surface area (Å²) in [5.41, 5.74) is 5.33. The van der Waals surface area contributed by atoms with E-state index < -0.39 is 0 Å². The molecule has 0 radical (unpaired) electrons. The molecule has 0 saturated carbocycles. The summed E-state index contributed by atoms with van der Waals surface area (Å²) in [5.74, 6) is 4.04. The van der Waals surface area contributed by atoms with Crippen molar-refractivity contribution in [1.82, 2.24) is 7.17 Å². The first-order chi connectivity index (χ1) is 21.3.